The summed E-state index contributed by atoms with van der Waals surface area (Å²) in [6.07, 6.45) is 1.99. The Kier molecular flexibility index (Phi) is 6.43. The van der Waals surface area contributed by atoms with Gasteiger partial charge in [0.1, 0.15) is 22.8 Å². The van der Waals surface area contributed by atoms with Crippen LogP contribution in [0.1, 0.15) is 77.5 Å². The van der Waals surface area contributed by atoms with Crippen molar-refractivity contribution in [2.45, 2.75) is 79.2 Å². The van der Waals surface area contributed by atoms with Gasteiger partial charge < -0.3 is 20.4 Å². The Morgan fingerprint density at radius 2 is 1.59 bits per heavy atom. The van der Waals surface area contributed by atoms with E-state index in [2.05, 4.69) is 32.9 Å². The number of aryl methyl sites for hydroxylation is 1. The quantitative estimate of drug-likeness (QED) is 0.341. The van der Waals surface area contributed by atoms with Crippen molar-refractivity contribution in [3.63, 3.8) is 0 Å². The number of hydrogen-bond donors (Lipinski definition) is 4. The second-order valence-corrected chi connectivity index (χ2v) is 13.9. The van der Waals surface area contributed by atoms with E-state index in [1.807, 2.05) is 12.1 Å². The van der Waals surface area contributed by atoms with E-state index in [-0.39, 0.29) is 41.6 Å². The molecule has 0 amide bonds. The van der Waals surface area contributed by atoms with Crippen molar-refractivity contribution in [3.05, 3.63) is 70.0 Å². The van der Waals surface area contributed by atoms with Crippen molar-refractivity contribution >= 4 is 23.1 Å². The Balaban J connectivity index is 1.65. The molecule has 0 aliphatic heterocycles. The van der Waals surface area contributed by atoms with Crippen LogP contribution in [0.4, 0.5) is 0 Å². The zero-order valence-corrected chi connectivity index (χ0v) is 24.5. The van der Waals surface area contributed by atoms with Crippen molar-refractivity contribution in [3.8, 4) is 16.9 Å². The van der Waals surface area contributed by atoms with Crippen LogP contribution in [0.25, 0.3) is 16.9 Å². The number of hydrogen-bond acceptors (Lipinski definition) is 7. The van der Waals surface area contributed by atoms with Gasteiger partial charge in [-0.25, -0.2) is 0 Å². The smallest absolute Gasteiger partial charge is 0.203 e. The van der Waals surface area contributed by atoms with Crippen LogP contribution in [-0.4, -0.2) is 43.4 Å². The van der Waals surface area contributed by atoms with Crippen LogP contribution in [0.2, 0.25) is 0 Å². The highest BCUT2D eigenvalue weighted by molar-refractivity contribution is 6.23. The number of phenols is 1. The fourth-order valence-electron chi connectivity index (χ4n) is 7.29. The molecule has 2 aromatic carbocycles. The number of ketones is 3. The standard InChI is InChI=1S/C34H38O7/c1-18(35)25-24(37)16-33(6)17-32(5)15-22-21(20-9-7-19(8-10-20)13-14-31(2,3)4)11-12-23(36)26(22)28(38)27(32)30(40)34(33,41)29(25)39/h7-12,36,38-39,41H,13-17H2,1-6H3/t32-,33+,34+/m0/s1. The lowest BCUT2D eigenvalue weighted by Crippen LogP contribution is -2.65. The first-order chi connectivity index (χ1) is 18.9. The summed E-state index contributed by atoms with van der Waals surface area (Å²) < 4.78 is 0. The lowest BCUT2D eigenvalue weighted by atomic mass is 9.47. The molecule has 216 valence electrons. The van der Waals surface area contributed by atoms with Crippen LogP contribution in [0, 0.1) is 16.2 Å². The third-order valence-corrected chi connectivity index (χ3v) is 9.33. The molecule has 1 fully saturated rings. The van der Waals surface area contributed by atoms with Gasteiger partial charge in [0.2, 0.25) is 5.78 Å². The molecule has 0 radical (unpaired) electrons. The Hall–Kier alpha value is -3.71. The zero-order valence-electron chi connectivity index (χ0n) is 24.5. The molecule has 0 spiro atoms. The molecular weight excluding hydrogens is 520 g/mol. The average molecular weight is 559 g/mol. The van der Waals surface area contributed by atoms with Gasteiger partial charge in [-0.3, -0.25) is 14.4 Å². The molecule has 3 aliphatic carbocycles. The maximum Gasteiger partial charge on any atom is 0.203 e. The summed E-state index contributed by atoms with van der Waals surface area (Å²) in [6, 6.07) is 11.4. The molecule has 0 heterocycles. The average Bonchev–Trinajstić information content (AvgIpc) is 2.84. The summed E-state index contributed by atoms with van der Waals surface area (Å²) in [7, 11) is 0. The molecule has 0 bridgehead atoms. The van der Waals surface area contributed by atoms with Gasteiger partial charge in [-0.15, -0.1) is 0 Å². The number of aliphatic hydroxyl groups is 3. The first-order valence-electron chi connectivity index (χ1n) is 14.1. The number of carbonyl (C=O) groups is 3. The molecule has 41 heavy (non-hydrogen) atoms. The lowest BCUT2D eigenvalue weighted by Gasteiger charge is -2.56. The predicted octanol–water partition coefficient (Wildman–Crippen LogP) is 5.95. The zero-order chi connectivity index (χ0) is 30.3. The number of phenolic OH excluding ortho intramolecular Hbond substituents is 1. The summed E-state index contributed by atoms with van der Waals surface area (Å²) in [4.78, 5) is 39.2. The number of aromatic hydroxyl groups is 1. The minimum Gasteiger partial charge on any atom is -0.508 e. The van der Waals surface area contributed by atoms with E-state index in [1.54, 1.807) is 19.9 Å². The number of Topliss-reactive ketones (excluding diaryl/α,β-unsaturated/α-hetero) is 3. The first-order valence-corrected chi connectivity index (χ1v) is 14.1. The summed E-state index contributed by atoms with van der Waals surface area (Å²) >= 11 is 0. The summed E-state index contributed by atoms with van der Waals surface area (Å²) in [5.74, 6) is -3.99. The number of rotatable bonds is 4. The topological polar surface area (TPSA) is 132 Å². The molecule has 0 unspecified atom stereocenters. The number of fused-ring (bicyclic) bond motifs is 3. The van der Waals surface area contributed by atoms with E-state index < -0.39 is 50.9 Å². The van der Waals surface area contributed by atoms with Crippen molar-refractivity contribution in [1.82, 2.24) is 0 Å². The molecular formula is C34H38O7. The second kappa shape index (κ2) is 9.15. The van der Waals surface area contributed by atoms with Gasteiger partial charge >= 0.3 is 0 Å². The van der Waals surface area contributed by atoms with Crippen LogP contribution in [0.15, 0.2) is 53.3 Å². The minimum atomic E-state index is -2.57. The van der Waals surface area contributed by atoms with Crippen LogP contribution in [0.3, 0.4) is 0 Å². The van der Waals surface area contributed by atoms with Crippen molar-refractivity contribution < 1.29 is 34.8 Å². The molecule has 0 saturated heterocycles. The highest BCUT2D eigenvalue weighted by Gasteiger charge is 2.68. The lowest BCUT2D eigenvalue weighted by molar-refractivity contribution is -0.164. The van der Waals surface area contributed by atoms with E-state index >= 15 is 0 Å². The third kappa shape index (κ3) is 4.24. The van der Waals surface area contributed by atoms with Gasteiger partial charge in [-0.05, 0) is 66.3 Å². The van der Waals surface area contributed by atoms with E-state index in [0.717, 1.165) is 30.9 Å². The highest BCUT2D eigenvalue weighted by Crippen LogP contribution is 2.63. The van der Waals surface area contributed by atoms with E-state index in [1.165, 1.54) is 11.6 Å². The molecule has 2 aromatic rings. The third-order valence-electron chi connectivity index (χ3n) is 9.33. The van der Waals surface area contributed by atoms with E-state index in [9.17, 15) is 34.8 Å². The predicted molar refractivity (Wildman–Crippen MR) is 155 cm³/mol. The SMILES string of the molecule is CC(=O)C1=C(O)[C@@]2(O)C(=O)C3=C(O)c4c(O)ccc(-c5ccc(CCC(C)(C)C)cc5)c4C[C@@]3(C)C[C@@]2(C)CC1=O. The van der Waals surface area contributed by atoms with Crippen LogP contribution >= 0.6 is 0 Å². The minimum absolute atomic E-state index is 0.0723. The fraction of sp³-hybridized carbons (Fsp3) is 0.441. The van der Waals surface area contributed by atoms with Gasteiger partial charge in [0.25, 0.3) is 0 Å². The van der Waals surface area contributed by atoms with Gasteiger partial charge in [-0.2, -0.15) is 0 Å². The van der Waals surface area contributed by atoms with Crippen molar-refractivity contribution in [1.29, 1.82) is 0 Å². The maximum absolute atomic E-state index is 14.1. The van der Waals surface area contributed by atoms with Gasteiger partial charge in [0.15, 0.2) is 17.2 Å². The van der Waals surface area contributed by atoms with E-state index in [4.69, 9.17) is 0 Å². The number of benzene rings is 2. The Morgan fingerprint density at radius 3 is 2.17 bits per heavy atom. The van der Waals surface area contributed by atoms with Gasteiger partial charge in [0.05, 0.1) is 5.56 Å². The Bertz CT molecular complexity index is 1570. The number of carbonyl (C=O) groups excluding carboxylic acids is 3. The Labute approximate surface area is 240 Å². The second-order valence-electron chi connectivity index (χ2n) is 13.9. The molecule has 5 rings (SSSR count). The molecule has 4 N–H and O–H groups in total. The largest absolute Gasteiger partial charge is 0.508 e. The fourth-order valence-corrected chi connectivity index (χ4v) is 7.29. The van der Waals surface area contributed by atoms with Crippen LogP contribution < -0.4 is 0 Å². The highest BCUT2D eigenvalue weighted by atomic mass is 16.3. The summed E-state index contributed by atoms with van der Waals surface area (Å²) in [5.41, 5.74) is -1.86. The van der Waals surface area contributed by atoms with Crippen LogP contribution in [0.5, 0.6) is 5.75 Å². The maximum atomic E-state index is 14.1. The van der Waals surface area contributed by atoms with Gasteiger partial charge in [-0.1, -0.05) is 65.0 Å². The monoisotopic (exact) mass is 558 g/mol. The molecule has 3 atom stereocenters. The van der Waals surface area contributed by atoms with Crippen molar-refractivity contribution in [2.24, 2.45) is 16.2 Å². The Morgan fingerprint density at radius 1 is 0.951 bits per heavy atom. The first kappa shape index (κ1) is 28.8. The molecule has 7 nitrogen and oxygen atoms in total. The molecule has 3 aliphatic rings. The molecule has 1 saturated carbocycles. The normalized spacial score (nSPS) is 27.9. The summed E-state index contributed by atoms with van der Waals surface area (Å²) in [6.45, 7) is 11.1. The summed E-state index contributed by atoms with van der Waals surface area (Å²) in [5, 5.41) is 45.3. The molecule has 7 heteroatoms. The molecule has 0 aromatic heterocycles. The van der Waals surface area contributed by atoms with Crippen LogP contribution in [-0.2, 0) is 27.2 Å². The van der Waals surface area contributed by atoms with E-state index in [0.29, 0.717) is 5.56 Å². The van der Waals surface area contributed by atoms with Gasteiger partial charge in [0, 0.05) is 22.8 Å². The number of allylic oxidation sites excluding steroid dienone is 1. The van der Waals surface area contributed by atoms with Crippen molar-refractivity contribution in [2.75, 3.05) is 0 Å². The number of aliphatic hydroxyl groups excluding tert-OH is 2.